The van der Waals surface area contributed by atoms with E-state index in [4.69, 9.17) is 5.73 Å². The van der Waals surface area contributed by atoms with E-state index in [1.165, 1.54) is 38.8 Å². The molecule has 18 heavy (non-hydrogen) atoms. The number of aromatic hydroxyl groups is 1. The predicted octanol–water partition coefficient (Wildman–Crippen LogP) is 2.31. The minimum Gasteiger partial charge on any atom is -0.508 e. The predicted molar refractivity (Wildman–Crippen MR) is 74.8 cm³/mol. The van der Waals surface area contributed by atoms with Crippen molar-refractivity contribution in [2.45, 2.75) is 31.6 Å². The van der Waals surface area contributed by atoms with Gasteiger partial charge in [0.25, 0.3) is 0 Å². The van der Waals surface area contributed by atoms with Gasteiger partial charge in [-0.3, -0.25) is 0 Å². The number of nitrogens with zero attached hydrogens (tertiary/aromatic N) is 1. The van der Waals surface area contributed by atoms with E-state index in [2.05, 4.69) is 4.90 Å². The normalized spacial score (nSPS) is 19.4. The number of phenols is 1. The second kappa shape index (κ2) is 6.76. The van der Waals surface area contributed by atoms with Crippen LogP contribution in [-0.2, 0) is 0 Å². The molecule has 1 aromatic carbocycles. The van der Waals surface area contributed by atoms with E-state index in [1.54, 1.807) is 6.07 Å². The van der Waals surface area contributed by atoms with Gasteiger partial charge in [-0.15, -0.1) is 0 Å². The van der Waals surface area contributed by atoms with E-state index in [1.807, 2.05) is 18.2 Å². The van der Waals surface area contributed by atoms with Crippen LogP contribution in [0.5, 0.6) is 5.75 Å². The van der Waals surface area contributed by atoms with Gasteiger partial charge in [0.05, 0.1) is 0 Å². The molecular formula is C15H24N2O. The highest BCUT2D eigenvalue weighted by Crippen LogP contribution is 2.26. The van der Waals surface area contributed by atoms with Crippen molar-refractivity contribution in [2.75, 3.05) is 26.2 Å². The zero-order valence-corrected chi connectivity index (χ0v) is 11.0. The minimum absolute atomic E-state index is 0.240. The minimum atomic E-state index is 0.240. The molecule has 1 aliphatic rings. The molecule has 0 radical (unpaired) electrons. The quantitative estimate of drug-likeness (QED) is 0.859. The Morgan fingerprint density at radius 1 is 1.11 bits per heavy atom. The Kier molecular flexibility index (Phi) is 5.02. The average Bonchev–Trinajstić information content (AvgIpc) is 2.65. The van der Waals surface area contributed by atoms with Crippen LogP contribution in [0, 0.1) is 0 Å². The Morgan fingerprint density at radius 3 is 2.39 bits per heavy atom. The molecule has 0 spiro atoms. The van der Waals surface area contributed by atoms with Crippen molar-refractivity contribution in [1.29, 1.82) is 0 Å². The maximum absolute atomic E-state index is 9.92. The third-order valence-electron chi connectivity index (χ3n) is 3.84. The summed E-state index contributed by atoms with van der Waals surface area (Å²) >= 11 is 0. The Hall–Kier alpha value is -1.06. The summed E-state index contributed by atoms with van der Waals surface area (Å²) in [5, 5.41) is 9.92. The summed E-state index contributed by atoms with van der Waals surface area (Å²) < 4.78 is 0. The van der Waals surface area contributed by atoms with Crippen molar-refractivity contribution < 1.29 is 5.11 Å². The van der Waals surface area contributed by atoms with Gasteiger partial charge in [-0.05, 0) is 37.6 Å². The van der Waals surface area contributed by atoms with Gasteiger partial charge in [0, 0.05) is 19.0 Å². The molecule has 0 aliphatic carbocycles. The number of phenolic OH excluding ortho intramolecular Hbond substituents is 1. The van der Waals surface area contributed by atoms with Crippen LogP contribution in [0.3, 0.4) is 0 Å². The van der Waals surface area contributed by atoms with Crippen molar-refractivity contribution in [3.8, 4) is 5.75 Å². The van der Waals surface area contributed by atoms with Gasteiger partial charge in [0.2, 0.25) is 0 Å². The molecule has 0 bridgehead atoms. The number of rotatable bonds is 4. The van der Waals surface area contributed by atoms with Crippen LogP contribution in [0.4, 0.5) is 0 Å². The number of para-hydroxylation sites is 1. The molecule has 1 heterocycles. The van der Waals surface area contributed by atoms with Crippen LogP contribution >= 0.6 is 0 Å². The molecule has 0 amide bonds. The van der Waals surface area contributed by atoms with E-state index in [0.717, 1.165) is 12.1 Å². The van der Waals surface area contributed by atoms with Crippen LogP contribution in [0.25, 0.3) is 0 Å². The molecule has 1 aromatic rings. The van der Waals surface area contributed by atoms with Gasteiger partial charge in [-0.1, -0.05) is 31.0 Å². The van der Waals surface area contributed by atoms with Gasteiger partial charge in [0.15, 0.2) is 0 Å². The first-order valence-electron chi connectivity index (χ1n) is 7.01. The lowest BCUT2D eigenvalue weighted by molar-refractivity contribution is 0.266. The smallest absolute Gasteiger partial charge is 0.119 e. The fourth-order valence-electron chi connectivity index (χ4n) is 2.76. The lowest BCUT2D eigenvalue weighted by Crippen LogP contribution is -2.32. The van der Waals surface area contributed by atoms with Crippen LogP contribution in [0.15, 0.2) is 24.3 Å². The van der Waals surface area contributed by atoms with E-state index >= 15 is 0 Å². The summed E-state index contributed by atoms with van der Waals surface area (Å²) in [6.07, 6.45) is 5.27. The fraction of sp³-hybridized carbons (Fsp3) is 0.600. The van der Waals surface area contributed by atoms with Crippen molar-refractivity contribution in [2.24, 2.45) is 5.73 Å². The first kappa shape index (κ1) is 13.4. The van der Waals surface area contributed by atoms with Gasteiger partial charge >= 0.3 is 0 Å². The first-order valence-corrected chi connectivity index (χ1v) is 7.01. The molecule has 0 aromatic heterocycles. The van der Waals surface area contributed by atoms with E-state index < -0.39 is 0 Å². The summed E-state index contributed by atoms with van der Waals surface area (Å²) in [6, 6.07) is 7.57. The van der Waals surface area contributed by atoms with Gasteiger partial charge in [-0.2, -0.15) is 0 Å². The van der Waals surface area contributed by atoms with E-state index in [-0.39, 0.29) is 5.92 Å². The Bertz CT molecular complexity index is 359. The molecule has 1 atom stereocenters. The molecule has 3 heteroatoms. The van der Waals surface area contributed by atoms with Gasteiger partial charge < -0.3 is 15.7 Å². The highest BCUT2D eigenvalue weighted by molar-refractivity contribution is 5.35. The molecular weight excluding hydrogens is 224 g/mol. The van der Waals surface area contributed by atoms with Gasteiger partial charge in [-0.25, -0.2) is 0 Å². The number of hydrogen-bond acceptors (Lipinski definition) is 3. The zero-order chi connectivity index (χ0) is 12.8. The first-order chi connectivity index (χ1) is 8.81. The second-order valence-electron chi connectivity index (χ2n) is 5.21. The topological polar surface area (TPSA) is 49.5 Å². The highest BCUT2D eigenvalue weighted by Gasteiger charge is 2.18. The Balaban J connectivity index is 2.02. The van der Waals surface area contributed by atoms with E-state index in [0.29, 0.717) is 12.3 Å². The molecule has 1 saturated heterocycles. The summed E-state index contributed by atoms with van der Waals surface area (Å²) in [5.41, 5.74) is 6.88. The molecule has 0 saturated carbocycles. The van der Waals surface area contributed by atoms with Gasteiger partial charge in [0.1, 0.15) is 5.75 Å². The van der Waals surface area contributed by atoms with Crippen molar-refractivity contribution >= 4 is 0 Å². The van der Waals surface area contributed by atoms with Crippen molar-refractivity contribution in [3.05, 3.63) is 29.8 Å². The molecule has 1 fully saturated rings. The monoisotopic (exact) mass is 248 g/mol. The average molecular weight is 248 g/mol. The Morgan fingerprint density at radius 2 is 1.78 bits per heavy atom. The SMILES string of the molecule is NCC(CN1CCCCCC1)c1ccccc1O. The third-order valence-corrected chi connectivity index (χ3v) is 3.84. The number of likely N-dealkylation sites (tertiary alicyclic amines) is 1. The van der Waals surface area contributed by atoms with Crippen molar-refractivity contribution in [3.63, 3.8) is 0 Å². The molecule has 2 rings (SSSR count). The molecule has 1 unspecified atom stereocenters. The number of hydrogen-bond donors (Lipinski definition) is 2. The summed E-state index contributed by atoms with van der Waals surface area (Å²) in [5.74, 6) is 0.618. The van der Waals surface area contributed by atoms with Crippen LogP contribution in [-0.4, -0.2) is 36.2 Å². The lowest BCUT2D eigenvalue weighted by atomic mass is 9.97. The highest BCUT2D eigenvalue weighted by atomic mass is 16.3. The Labute approximate surface area is 110 Å². The molecule has 3 nitrogen and oxygen atoms in total. The van der Waals surface area contributed by atoms with Crippen LogP contribution < -0.4 is 5.73 Å². The zero-order valence-electron chi connectivity index (χ0n) is 11.0. The molecule has 100 valence electrons. The fourth-order valence-corrected chi connectivity index (χ4v) is 2.76. The summed E-state index contributed by atoms with van der Waals surface area (Å²) in [7, 11) is 0. The molecule has 1 aliphatic heterocycles. The largest absolute Gasteiger partial charge is 0.508 e. The summed E-state index contributed by atoms with van der Waals surface area (Å²) in [4.78, 5) is 2.50. The maximum atomic E-state index is 9.92. The van der Waals surface area contributed by atoms with Crippen LogP contribution in [0.2, 0.25) is 0 Å². The standard InChI is InChI=1S/C15H24N2O/c16-11-13(14-7-3-4-8-15(14)18)12-17-9-5-1-2-6-10-17/h3-4,7-8,13,18H,1-2,5-6,9-12,16H2. The van der Waals surface area contributed by atoms with Crippen molar-refractivity contribution in [1.82, 2.24) is 4.90 Å². The second-order valence-corrected chi connectivity index (χ2v) is 5.21. The summed E-state index contributed by atoms with van der Waals surface area (Å²) in [6.45, 7) is 3.90. The molecule has 3 N–H and O–H groups in total. The maximum Gasteiger partial charge on any atom is 0.119 e. The number of benzene rings is 1. The lowest BCUT2D eigenvalue weighted by Gasteiger charge is -2.26. The van der Waals surface area contributed by atoms with Crippen LogP contribution in [0.1, 0.15) is 37.2 Å². The van der Waals surface area contributed by atoms with E-state index in [9.17, 15) is 5.11 Å². The third kappa shape index (κ3) is 3.47. The number of nitrogens with two attached hydrogens (primary N) is 1.